The lowest BCUT2D eigenvalue weighted by molar-refractivity contribution is 0.130. The van der Waals surface area contributed by atoms with Crippen LogP contribution in [0.15, 0.2) is 40.2 Å². The molecule has 2 aromatic heterocycles. The summed E-state index contributed by atoms with van der Waals surface area (Å²) in [6, 6.07) is 4.91. The molecule has 12 heteroatoms. The molecular formula is C24H19ClF3N5O3. The van der Waals surface area contributed by atoms with Crippen molar-refractivity contribution in [3.05, 3.63) is 85.0 Å². The van der Waals surface area contributed by atoms with Gasteiger partial charge in [-0.25, -0.2) is 22.5 Å². The van der Waals surface area contributed by atoms with Crippen LogP contribution in [-0.2, 0) is 17.7 Å². The molecule has 186 valence electrons. The summed E-state index contributed by atoms with van der Waals surface area (Å²) >= 11 is 6.02. The van der Waals surface area contributed by atoms with Gasteiger partial charge in [-0.05, 0) is 30.2 Å². The Morgan fingerprint density at radius 3 is 2.47 bits per heavy atom. The standard InChI is InChI=1S/C24H19ClF3N5O3/c25-15-8-16(10-30-9-15)33-22(34)17(5-14-6-18(26)20(28)19(27)7-14)21(32(3-2-29)23(33)35)31-11-24(12-31)1-4-36-13-24/h6-10H,1,3-5,11-13H2. The molecule has 1 spiro atoms. The van der Waals surface area contributed by atoms with Crippen LogP contribution in [0.2, 0.25) is 5.02 Å². The molecule has 0 amide bonds. The molecule has 0 bridgehead atoms. The van der Waals surface area contributed by atoms with Crippen LogP contribution in [0.3, 0.4) is 0 Å². The molecule has 5 rings (SSSR count). The lowest BCUT2D eigenvalue weighted by Crippen LogP contribution is -2.59. The number of rotatable bonds is 5. The molecule has 0 N–H and O–H groups in total. The Labute approximate surface area is 207 Å². The fraction of sp³-hybridized carbons (Fsp3) is 0.333. The predicted octanol–water partition coefficient (Wildman–Crippen LogP) is 2.81. The van der Waals surface area contributed by atoms with Crippen LogP contribution in [0.25, 0.3) is 5.69 Å². The number of nitriles is 1. The van der Waals surface area contributed by atoms with Gasteiger partial charge in [0.15, 0.2) is 17.5 Å². The van der Waals surface area contributed by atoms with Crippen molar-refractivity contribution in [3.8, 4) is 11.8 Å². The molecule has 0 radical (unpaired) electrons. The summed E-state index contributed by atoms with van der Waals surface area (Å²) in [6.45, 7) is 1.68. The number of nitrogens with zero attached hydrogens (tertiary/aromatic N) is 5. The third-order valence-corrected chi connectivity index (χ3v) is 6.75. The van der Waals surface area contributed by atoms with Crippen LogP contribution in [0.4, 0.5) is 19.0 Å². The van der Waals surface area contributed by atoms with E-state index in [0.29, 0.717) is 26.3 Å². The van der Waals surface area contributed by atoms with Crippen LogP contribution < -0.4 is 16.1 Å². The smallest absolute Gasteiger partial charge is 0.338 e. The van der Waals surface area contributed by atoms with Gasteiger partial charge in [0.1, 0.15) is 12.4 Å². The van der Waals surface area contributed by atoms with Gasteiger partial charge in [-0.2, -0.15) is 5.26 Å². The number of hydrogen-bond acceptors (Lipinski definition) is 6. The molecule has 0 aliphatic carbocycles. The summed E-state index contributed by atoms with van der Waals surface area (Å²) in [5.41, 5.74) is -1.61. The zero-order valence-electron chi connectivity index (χ0n) is 18.8. The van der Waals surface area contributed by atoms with E-state index in [1.54, 1.807) is 4.90 Å². The molecule has 0 unspecified atom stereocenters. The summed E-state index contributed by atoms with van der Waals surface area (Å²) in [5.74, 6) is -4.24. The van der Waals surface area contributed by atoms with Crippen molar-refractivity contribution in [2.75, 3.05) is 31.2 Å². The molecule has 2 fully saturated rings. The Morgan fingerprint density at radius 1 is 1.14 bits per heavy atom. The third-order valence-electron chi connectivity index (χ3n) is 6.55. The van der Waals surface area contributed by atoms with Gasteiger partial charge in [0.2, 0.25) is 0 Å². The van der Waals surface area contributed by atoms with Crippen molar-refractivity contribution in [2.45, 2.75) is 19.4 Å². The van der Waals surface area contributed by atoms with Gasteiger partial charge in [0.05, 0.1) is 35.1 Å². The minimum absolute atomic E-state index is 0.0119. The Morgan fingerprint density at radius 2 is 1.86 bits per heavy atom. The first-order chi connectivity index (χ1) is 17.2. The van der Waals surface area contributed by atoms with Crippen molar-refractivity contribution in [1.29, 1.82) is 5.26 Å². The topological polar surface area (TPSA) is 93.2 Å². The van der Waals surface area contributed by atoms with E-state index in [4.69, 9.17) is 16.3 Å². The highest BCUT2D eigenvalue weighted by molar-refractivity contribution is 6.30. The molecule has 0 atom stereocenters. The maximum absolute atomic E-state index is 14.0. The van der Waals surface area contributed by atoms with Crippen LogP contribution in [-0.4, -0.2) is 40.4 Å². The Balaban J connectivity index is 1.73. The van der Waals surface area contributed by atoms with Crippen molar-refractivity contribution in [1.82, 2.24) is 14.1 Å². The lowest BCUT2D eigenvalue weighted by atomic mass is 9.79. The number of aromatic nitrogens is 3. The van der Waals surface area contributed by atoms with E-state index in [1.165, 1.54) is 18.5 Å². The summed E-state index contributed by atoms with van der Waals surface area (Å²) in [7, 11) is 0. The van der Waals surface area contributed by atoms with Gasteiger partial charge in [-0.15, -0.1) is 0 Å². The summed E-state index contributed by atoms with van der Waals surface area (Å²) in [5, 5.41) is 9.67. The maximum Gasteiger partial charge on any atom is 0.338 e. The number of hydrogen-bond donors (Lipinski definition) is 0. The number of benzene rings is 1. The van der Waals surface area contributed by atoms with E-state index in [0.717, 1.165) is 27.7 Å². The van der Waals surface area contributed by atoms with Gasteiger partial charge >= 0.3 is 5.69 Å². The van der Waals surface area contributed by atoms with Crippen molar-refractivity contribution < 1.29 is 17.9 Å². The normalized spacial score (nSPS) is 16.2. The van der Waals surface area contributed by atoms with Crippen LogP contribution >= 0.6 is 11.6 Å². The van der Waals surface area contributed by atoms with Gasteiger partial charge < -0.3 is 9.64 Å². The molecule has 1 aromatic carbocycles. The molecule has 8 nitrogen and oxygen atoms in total. The first kappa shape index (κ1) is 24.1. The van der Waals surface area contributed by atoms with E-state index in [1.807, 2.05) is 6.07 Å². The van der Waals surface area contributed by atoms with E-state index in [-0.39, 0.29) is 46.0 Å². The van der Waals surface area contributed by atoms with Gasteiger partial charge in [0.25, 0.3) is 5.56 Å². The van der Waals surface area contributed by atoms with Crippen LogP contribution in [0, 0.1) is 34.2 Å². The Bertz CT molecular complexity index is 1490. The van der Waals surface area contributed by atoms with Crippen molar-refractivity contribution in [3.63, 3.8) is 0 Å². The molecule has 36 heavy (non-hydrogen) atoms. The molecule has 0 saturated carbocycles. The average molecular weight is 518 g/mol. The highest BCUT2D eigenvalue weighted by Gasteiger charge is 2.47. The number of pyridine rings is 1. The quantitative estimate of drug-likeness (QED) is 0.483. The monoisotopic (exact) mass is 517 g/mol. The van der Waals surface area contributed by atoms with Crippen LogP contribution in [0.5, 0.6) is 0 Å². The first-order valence-electron chi connectivity index (χ1n) is 11.1. The highest BCUT2D eigenvalue weighted by atomic mass is 35.5. The number of halogens is 4. The number of anilines is 1. The Hall–Kier alpha value is -3.62. The minimum Gasteiger partial charge on any atom is -0.381 e. The molecule has 3 aromatic rings. The maximum atomic E-state index is 14.0. The van der Waals surface area contributed by atoms with E-state index in [9.17, 15) is 28.0 Å². The highest BCUT2D eigenvalue weighted by Crippen LogP contribution is 2.41. The first-order valence-corrected chi connectivity index (χ1v) is 11.4. The molecule has 4 heterocycles. The second-order valence-electron chi connectivity index (χ2n) is 9.04. The molecule has 2 aliphatic heterocycles. The summed E-state index contributed by atoms with van der Waals surface area (Å²) in [4.78, 5) is 33.0. The lowest BCUT2D eigenvalue weighted by Gasteiger charge is -2.49. The minimum atomic E-state index is -1.62. The summed E-state index contributed by atoms with van der Waals surface area (Å²) in [6.07, 6.45) is 3.08. The predicted molar refractivity (Wildman–Crippen MR) is 124 cm³/mol. The fourth-order valence-corrected chi connectivity index (χ4v) is 5.07. The van der Waals surface area contributed by atoms with Gasteiger partial charge in [-0.1, -0.05) is 11.6 Å². The third kappa shape index (κ3) is 4.06. The van der Waals surface area contributed by atoms with E-state index < -0.39 is 28.7 Å². The Kier molecular flexibility index (Phi) is 6.10. The van der Waals surface area contributed by atoms with E-state index >= 15 is 0 Å². The van der Waals surface area contributed by atoms with Gasteiger partial charge in [-0.3, -0.25) is 14.3 Å². The second-order valence-corrected chi connectivity index (χ2v) is 9.48. The zero-order chi connectivity index (χ0) is 25.6. The summed E-state index contributed by atoms with van der Waals surface area (Å²) < 4.78 is 49.0. The molecule has 2 aliphatic rings. The zero-order valence-corrected chi connectivity index (χ0v) is 19.6. The average Bonchev–Trinajstić information content (AvgIpc) is 3.31. The SMILES string of the molecule is N#CCn1c(N2CC3(CCOC3)C2)c(Cc2cc(F)c(F)c(F)c2)c(=O)n(-c2cncc(Cl)c2)c1=O. The van der Waals surface area contributed by atoms with E-state index in [2.05, 4.69) is 4.98 Å². The molecular weight excluding hydrogens is 499 g/mol. The second kappa shape index (κ2) is 9.11. The number of ether oxygens (including phenoxy) is 1. The van der Waals surface area contributed by atoms with Crippen molar-refractivity contribution in [2.24, 2.45) is 5.41 Å². The van der Waals surface area contributed by atoms with Crippen molar-refractivity contribution >= 4 is 17.4 Å². The van der Waals surface area contributed by atoms with Gasteiger partial charge in [0, 0.05) is 37.7 Å². The largest absolute Gasteiger partial charge is 0.381 e. The fourth-order valence-electron chi connectivity index (χ4n) is 4.90. The molecule has 2 saturated heterocycles. The van der Waals surface area contributed by atoms with Crippen LogP contribution in [0.1, 0.15) is 17.5 Å².